The van der Waals surface area contributed by atoms with Gasteiger partial charge >= 0.3 is 0 Å². The lowest BCUT2D eigenvalue weighted by Gasteiger charge is -2.34. The first-order valence-electron chi connectivity index (χ1n) is 8.88. The van der Waals surface area contributed by atoms with E-state index in [9.17, 15) is 4.79 Å². The van der Waals surface area contributed by atoms with E-state index >= 15 is 0 Å². The second-order valence-corrected chi connectivity index (χ2v) is 6.78. The van der Waals surface area contributed by atoms with Crippen LogP contribution < -0.4 is 11.1 Å². The molecule has 3 N–H and O–H groups in total. The summed E-state index contributed by atoms with van der Waals surface area (Å²) in [6.07, 6.45) is 1.32. The van der Waals surface area contributed by atoms with E-state index in [1.807, 2.05) is 54.6 Å². The quantitative estimate of drug-likeness (QED) is 0.750. The molecular formula is C21H22N2O3. The number of nitrogens with two attached hydrogens (primary N) is 1. The molecule has 1 fully saturated rings. The van der Waals surface area contributed by atoms with E-state index in [4.69, 9.17) is 14.9 Å². The molecule has 0 spiro atoms. The first kappa shape index (κ1) is 16.8. The van der Waals surface area contributed by atoms with Crippen LogP contribution in [0.1, 0.15) is 12.8 Å². The topological polar surface area (TPSA) is 77.5 Å². The van der Waals surface area contributed by atoms with E-state index in [1.54, 1.807) is 0 Å². The Bertz CT molecular complexity index is 875. The number of hydrogen-bond donors (Lipinski definition) is 2. The van der Waals surface area contributed by atoms with Crippen molar-refractivity contribution >= 4 is 22.6 Å². The number of amides is 1. The molecule has 2 heterocycles. The van der Waals surface area contributed by atoms with Crippen LogP contribution in [0.25, 0.3) is 22.3 Å². The maximum Gasteiger partial charge on any atom is 0.232 e. The average molecular weight is 350 g/mol. The van der Waals surface area contributed by atoms with E-state index in [1.165, 1.54) is 0 Å². The summed E-state index contributed by atoms with van der Waals surface area (Å²) in [6, 6.07) is 17.6. The predicted molar refractivity (Wildman–Crippen MR) is 102 cm³/mol. The second kappa shape index (κ2) is 6.94. The highest BCUT2D eigenvalue weighted by atomic mass is 16.5. The van der Waals surface area contributed by atoms with E-state index in [0.717, 1.165) is 28.0 Å². The van der Waals surface area contributed by atoms with Gasteiger partial charge in [0.2, 0.25) is 5.91 Å². The number of benzene rings is 2. The number of ether oxygens (including phenoxy) is 1. The minimum atomic E-state index is -0.532. The first-order valence-corrected chi connectivity index (χ1v) is 8.88. The maximum absolute atomic E-state index is 12.7. The summed E-state index contributed by atoms with van der Waals surface area (Å²) in [6.45, 7) is 1.49. The summed E-state index contributed by atoms with van der Waals surface area (Å²) in [5.41, 5.74) is 7.96. The van der Waals surface area contributed by atoms with Gasteiger partial charge in [-0.3, -0.25) is 4.79 Å². The fraction of sp³-hybridized carbons (Fsp3) is 0.286. The lowest BCUT2D eigenvalue weighted by molar-refractivity contribution is -0.130. The van der Waals surface area contributed by atoms with Crippen LogP contribution in [0.5, 0.6) is 0 Å². The number of hydrogen-bond acceptors (Lipinski definition) is 4. The standard InChI is InChI=1S/C21H22N2O3/c22-14-21(9-11-25-12-10-21)20(24)23-17-7-5-15(6-8-17)19-13-16-3-1-2-4-18(16)26-19/h1-8,13H,9-12,14,22H2,(H,23,24). The van der Waals surface area contributed by atoms with Gasteiger partial charge in [0.05, 0.1) is 5.41 Å². The molecule has 4 rings (SSSR count). The number of fused-ring (bicyclic) bond motifs is 1. The van der Waals surface area contributed by atoms with Crippen molar-refractivity contribution in [1.29, 1.82) is 0 Å². The largest absolute Gasteiger partial charge is 0.456 e. The van der Waals surface area contributed by atoms with Crippen LogP contribution in [-0.4, -0.2) is 25.7 Å². The van der Waals surface area contributed by atoms with E-state index in [-0.39, 0.29) is 5.91 Å². The van der Waals surface area contributed by atoms with Crippen LogP contribution in [0.2, 0.25) is 0 Å². The van der Waals surface area contributed by atoms with Gasteiger partial charge in [-0.1, -0.05) is 18.2 Å². The van der Waals surface area contributed by atoms with Crippen molar-refractivity contribution in [1.82, 2.24) is 0 Å². The van der Waals surface area contributed by atoms with Crippen LogP contribution >= 0.6 is 0 Å². The Balaban J connectivity index is 1.51. The minimum Gasteiger partial charge on any atom is -0.456 e. The van der Waals surface area contributed by atoms with Crippen molar-refractivity contribution in [2.75, 3.05) is 25.1 Å². The molecule has 1 amide bonds. The van der Waals surface area contributed by atoms with Crippen LogP contribution in [0.15, 0.2) is 59.0 Å². The van der Waals surface area contributed by atoms with Gasteiger partial charge in [-0.2, -0.15) is 0 Å². The van der Waals surface area contributed by atoms with Gasteiger partial charge in [-0.05, 0) is 49.2 Å². The molecule has 0 saturated carbocycles. The Hall–Kier alpha value is -2.63. The van der Waals surface area contributed by atoms with Crippen LogP contribution in [0.4, 0.5) is 5.69 Å². The van der Waals surface area contributed by atoms with Crippen molar-refractivity contribution < 1.29 is 13.9 Å². The summed E-state index contributed by atoms with van der Waals surface area (Å²) in [7, 11) is 0. The Morgan fingerprint density at radius 1 is 1.08 bits per heavy atom. The molecule has 5 nitrogen and oxygen atoms in total. The molecule has 0 atom stereocenters. The zero-order chi connectivity index (χ0) is 18.0. The van der Waals surface area contributed by atoms with E-state index in [0.29, 0.717) is 32.6 Å². The maximum atomic E-state index is 12.7. The molecule has 0 unspecified atom stereocenters. The Morgan fingerprint density at radius 2 is 1.81 bits per heavy atom. The average Bonchev–Trinajstić information content (AvgIpc) is 3.13. The molecule has 1 aromatic heterocycles. The van der Waals surface area contributed by atoms with Gasteiger partial charge in [0.25, 0.3) is 0 Å². The van der Waals surface area contributed by atoms with Crippen molar-refractivity contribution in [3.63, 3.8) is 0 Å². The van der Waals surface area contributed by atoms with Gasteiger partial charge in [0, 0.05) is 36.4 Å². The highest BCUT2D eigenvalue weighted by Gasteiger charge is 2.38. The summed E-state index contributed by atoms with van der Waals surface area (Å²) < 4.78 is 11.3. The molecule has 2 aromatic carbocycles. The molecule has 0 radical (unpaired) electrons. The Labute approximate surface area is 152 Å². The predicted octanol–water partition coefficient (Wildman–Crippen LogP) is 3.79. The number of nitrogens with one attached hydrogen (secondary N) is 1. The SMILES string of the molecule is NCC1(C(=O)Nc2ccc(-c3cc4ccccc4o3)cc2)CCOCC1. The number of carbonyl (C=O) groups excluding carboxylic acids is 1. The monoisotopic (exact) mass is 350 g/mol. The van der Waals surface area contributed by atoms with Crippen molar-refractivity contribution in [3.05, 3.63) is 54.6 Å². The fourth-order valence-electron chi connectivity index (χ4n) is 3.39. The summed E-state index contributed by atoms with van der Waals surface area (Å²) in [5, 5.41) is 4.08. The molecule has 0 aliphatic carbocycles. The summed E-state index contributed by atoms with van der Waals surface area (Å²) >= 11 is 0. The van der Waals surface area contributed by atoms with Gasteiger partial charge in [0.1, 0.15) is 11.3 Å². The van der Waals surface area contributed by atoms with Crippen molar-refractivity contribution in [2.45, 2.75) is 12.8 Å². The molecule has 1 aliphatic heterocycles. The Kier molecular flexibility index (Phi) is 4.49. The van der Waals surface area contributed by atoms with E-state index < -0.39 is 5.41 Å². The minimum absolute atomic E-state index is 0.0280. The second-order valence-electron chi connectivity index (χ2n) is 6.78. The molecule has 134 valence electrons. The third-order valence-corrected chi connectivity index (χ3v) is 5.18. The highest BCUT2D eigenvalue weighted by Crippen LogP contribution is 2.32. The van der Waals surface area contributed by atoms with Crippen LogP contribution in [0.3, 0.4) is 0 Å². The number of furan rings is 1. The van der Waals surface area contributed by atoms with Gasteiger partial charge < -0.3 is 20.2 Å². The molecule has 3 aromatic rings. The number of para-hydroxylation sites is 1. The third-order valence-electron chi connectivity index (χ3n) is 5.18. The number of anilines is 1. The zero-order valence-corrected chi connectivity index (χ0v) is 14.5. The smallest absolute Gasteiger partial charge is 0.232 e. The van der Waals surface area contributed by atoms with Crippen LogP contribution in [-0.2, 0) is 9.53 Å². The number of carbonyl (C=O) groups is 1. The third kappa shape index (κ3) is 3.11. The molecule has 1 aliphatic rings. The molecular weight excluding hydrogens is 328 g/mol. The molecule has 26 heavy (non-hydrogen) atoms. The van der Waals surface area contributed by atoms with E-state index in [2.05, 4.69) is 5.32 Å². The summed E-state index contributed by atoms with van der Waals surface area (Å²) in [5.74, 6) is 0.784. The first-order chi connectivity index (χ1) is 12.7. The lowest BCUT2D eigenvalue weighted by Crippen LogP contribution is -2.46. The van der Waals surface area contributed by atoms with Gasteiger partial charge in [-0.25, -0.2) is 0 Å². The number of rotatable bonds is 4. The van der Waals surface area contributed by atoms with Crippen molar-refractivity contribution in [3.8, 4) is 11.3 Å². The lowest BCUT2D eigenvalue weighted by atomic mass is 9.79. The molecule has 1 saturated heterocycles. The summed E-state index contributed by atoms with van der Waals surface area (Å²) in [4.78, 5) is 12.7. The zero-order valence-electron chi connectivity index (χ0n) is 14.5. The molecule has 5 heteroatoms. The molecule has 0 bridgehead atoms. The normalized spacial score (nSPS) is 16.5. The van der Waals surface area contributed by atoms with Gasteiger partial charge in [0.15, 0.2) is 0 Å². The Morgan fingerprint density at radius 3 is 2.50 bits per heavy atom. The van der Waals surface area contributed by atoms with Crippen molar-refractivity contribution in [2.24, 2.45) is 11.1 Å². The fourth-order valence-corrected chi connectivity index (χ4v) is 3.39. The van der Waals surface area contributed by atoms with Gasteiger partial charge in [-0.15, -0.1) is 0 Å². The van der Waals surface area contributed by atoms with Crippen LogP contribution in [0, 0.1) is 5.41 Å². The highest BCUT2D eigenvalue weighted by molar-refractivity contribution is 5.96.